The molecule has 11 nitrogen and oxygen atoms in total. The number of amides is 4. The lowest BCUT2D eigenvalue weighted by Crippen LogP contribution is -2.58. The van der Waals surface area contributed by atoms with Gasteiger partial charge in [-0.05, 0) is 61.6 Å². The second kappa shape index (κ2) is 16.7. The minimum Gasteiger partial charge on any atom is -0.475 e. The average molecular weight is 654 g/mol. The molecule has 2 aromatic carbocycles. The third-order valence-electron chi connectivity index (χ3n) is 7.37. The Kier molecular flexibility index (Phi) is 13.7. The molecular formula is C31H39F4N5O6. The fourth-order valence-corrected chi connectivity index (χ4v) is 4.61. The average Bonchev–Trinajstić information content (AvgIpc) is 3.49. The van der Waals surface area contributed by atoms with Crippen LogP contribution in [-0.4, -0.2) is 83.5 Å². The van der Waals surface area contributed by atoms with Crippen LogP contribution in [0, 0.1) is 11.7 Å². The number of carbonyl (C=O) groups is 5. The Balaban J connectivity index is 0.000000942. The number of nitrogens with zero attached hydrogens (tertiary/aromatic N) is 1. The number of primary amides is 1. The number of carbonyl (C=O) groups excluding carboxylic acids is 4. The molecule has 2 aromatic rings. The van der Waals surface area contributed by atoms with Crippen LogP contribution in [0.25, 0.3) is 11.1 Å². The van der Waals surface area contributed by atoms with Crippen molar-refractivity contribution < 1.29 is 46.6 Å². The van der Waals surface area contributed by atoms with Gasteiger partial charge in [-0.2, -0.15) is 13.2 Å². The van der Waals surface area contributed by atoms with Crippen molar-refractivity contribution in [1.82, 2.24) is 20.9 Å². The van der Waals surface area contributed by atoms with E-state index < -0.39 is 48.1 Å². The number of aliphatic carboxylic acids is 1. The number of nitrogens with two attached hydrogens (primary N) is 1. The van der Waals surface area contributed by atoms with E-state index in [-0.39, 0.29) is 30.0 Å². The molecule has 46 heavy (non-hydrogen) atoms. The maximum Gasteiger partial charge on any atom is 0.490 e. The number of benzene rings is 2. The monoisotopic (exact) mass is 653 g/mol. The fourth-order valence-electron chi connectivity index (χ4n) is 4.61. The summed E-state index contributed by atoms with van der Waals surface area (Å²) in [6, 6.07) is 10.5. The van der Waals surface area contributed by atoms with Crippen molar-refractivity contribution >= 4 is 29.6 Å². The second-order valence-electron chi connectivity index (χ2n) is 11.1. The number of halogens is 4. The Bertz CT molecular complexity index is 1370. The zero-order valence-electron chi connectivity index (χ0n) is 25.9. The lowest BCUT2D eigenvalue weighted by molar-refractivity contribution is -0.192. The van der Waals surface area contributed by atoms with Crippen LogP contribution in [0.15, 0.2) is 48.5 Å². The summed E-state index contributed by atoms with van der Waals surface area (Å²) in [6.45, 7) is 5.75. The molecule has 0 aromatic heterocycles. The van der Waals surface area contributed by atoms with Gasteiger partial charge in [-0.3, -0.25) is 19.2 Å². The third-order valence-corrected chi connectivity index (χ3v) is 7.37. The summed E-state index contributed by atoms with van der Waals surface area (Å²) in [7, 11) is 1.66. The van der Waals surface area contributed by atoms with E-state index in [1.165, 1.54) is 17.0 Å². The Morgan fingerprint density at radius 1 is 0.957 bits per heavy atom. The summed E-state index contributed by atoms with van der Waals surface area (Å²) in [5, 5.41) is 15.5. The van der Waals surface area contributed by atoms with E-state index in [1.807, 2.05) is 38.1 Å². The normalized spacial score (nSPS) is 16.5. The van der Waals surface area contributed by atoms with Crippen LogP contribution in [0.4, 0.5) is 17.6 Å². The highest BCUT2D eigenvalue weighted by Crippen LogP contribution is 2.23. The quantitative estimate of drug-likeness (QED) is 0.232. The zero-order valence-corrected chi connectivity index (χ0v) is 25.9. The SMILES string of the molecule is CN[C@@H](C)C(=O)N[C@H](C(=O)N1CCC[C@H]1C(=O)N[C@@H](Cc1ccc(-c2ccc(F)cc2)cc1)C(N)=O)C(C)C.O=C(O)C(F)(F)F. The minimum atomic E-state index is -5.08. The molecule has 0 spiro atoms. The third kappa shape index (κ3) is 10.8. The molecule has 1 aliphatic rings. The van der Waals surface area contributed by atoms with Gasteiger partial charge in [0.15, 0.2) is 0 Å². The molecule has 15 heteroatoms. The molecule has 1 heterocycles. The van der Waals surface area contributed by atoms with Gasteiger partial charge >= 0.3 is 12.1 Å². The van der Waals surface area contributed by atoms with Crippen molar-refractivity contribution in [2.45, 2.75) is 70.4 Å². The highest BCUT2D eigenvalue weighted by atomic mass is 19.4. The van der Waals surface area contributed by atoms with Crippen LogP contribution in [0.3, 0.4) is 0 Å². The standard InChI is InChI=1S/C29H38FN5O4.C2HF3O2/c1-17(2)25(34-27(37)18(3)32-4)29(39)35-15-5-6-24(35)28(38)33-23(26(31)36)16-19-7-9-20(10-8-19)21-11-13-22(30)14-12-21;3-2(4,5)1(6)7/h7-14,17-18,23-25,32H,5-6,15-16H2,1-4H3,(H2,31,36)(H,33,38)(H,34,37);(H,6,7)/t18-,23-,24-,25-;/m0./s1. The fraction of sp³-hybridized carbons (Fsp3) is 0.452. The van der Waals surface area contributed by atoms with Gasteiger partial charge in [-0.15, -0.1) is 0 Å². The lowest BCUT2D eigenvalue weighted by Gasteiger charge is -2.31. The molecule has 252 valence electrons. The first kappa shape index (κ1) is 37.7. The second-order valence-corrected chi connectivity index (χ2v) is 11.1. The van der Waals surface area contributed by atoms with Gasteiger partial charge in [-0.1, -0.05) is 50.2 Å². The molecule has 0 aliphatic carbocycles. The Hall–Kier alpha value is -4.53. The van der Waals surface area contributed by atoms with E-state index >= 15 is 0 Å². The number of likely N-dealkylation sites (N-methyl/N-ethyl adjacent to an activating group) is 1. The van der Waals surface area contributed by atoms with Gasteiger partial charge in [0.25, 0.3) is 0 Å². The van der Waals surface area contributed by atoms with Crippen molar-refractivity contribution in [3.05, 3.63) is 59.9 Å². The molecule has 1 fully saturated rings. The molecule has 3 rings (SSSR count). The molecule has 0 radical (unpaired) electrons. The molecule has 1 aliphatic heterocycles. The molecule has 4 amide bonds. The minimum absolute atomic E-state index is 0.179. The molecule has 0 bridgehead atoms. The van der Waals surface area contributed by atoms with Crippen LogP contribution < -0.4 is 21.7 Å². The Morgan fingerprint density at radius 3 is 1.93 bits per heavy atom. The van der Waals surface area contributed by atoms with Crippen LogP contribution >= 0.6 is 0 Å². The lowest BCUT2D eigenvalue weighted by atomic mass is 10.00. The van der Waals surface area contributed by atoms with Crippen LogP contribution in [0.5, 0.6) is 0 Å². The zero-order chi connectivity index (χ0) is 34.8. The molecular weight excluding hydrogens is 614 g/mol. The highest BCUT2D eigenvalue weighted by molar-refractivity contribution is 5.95. The predicted molar refractivity (Wildman–Crippen MR) is 160 cm³/mol. The summed E-state index contributed by atoms with van der Waals surface area (Å²) >= 11 is 0. The maximum atomic E-state index is 13.4. The van der Waals surface area contributed by atoms with Gasteiger partial charge in [0, 0.05) is 13.0 Å². The topological polar surface area (TPSA) is 171 Å². The molecule has 0 unspecified atom stereocenters. The molecule has 0 saturated carbocycles. The number of alkyl halides is 3. The van der Waals surface area contributed by atoms with Crippen molar-refractivity contribution in [1.29, 1.82) is 0 Å². The number of hydrogen-bond donors (Lipinski definition) is 5. The van der Waals surface area contributed by atoms with E-state index in [4.69, 9.17) is 15.6 Å². The van der Waals surface area contributed by atoms with Crippen molar-refractivity contribution in [2.75, 3.05) is 13.6 Å². The van der Waals surface area contributed by atoms with Gasteiger partial charge in [-0.25, -0.2) is 9.18 Å². The predicted octanol–water partition coefficient (Wildman–Crippen LogP) is 2.38. The summed E-state index contributed by atoms with van der Waals surface area (Å²) in [5.74, 6) is -5.03. The van der Waals surface area contributed by atoms with Gasteiger partial charge in [0.05, 0.1) is 6.04 Å². The first-order chi connectivity index (χ1) is 21.5. The first-order valence-electron chi connectivity index (χ1n) is 14.5. The number of carboxylic acids is 1. The van der Waals surface area contributed by atoms with Crippen LogP contribution in [0.1, 0.15) is 39.2 Å². The van der Waals surface area contributed by atoms with E-state index in [0.717, 1.165) is 16.7 Å². The maximum absolute atomic E-state index is 13.4. The van der Waals surface area contributed by atoms with E-state index in [0.29, 0.717) is 19.4 Å². The summed E-state index contributed by atoms with van der Waals surface area (Å²) in [4.78, 5) is 61.7. The van der Waals surface area contributed by atoms with Crippen LogP contribution in [-0.2, 0) is 30.4 Å². The Morgan fingerprint density at radius 2 is 1.48 bits per heavy atom. The van der Waals surface area contributed by atoms with Crippen molar-refractivity contribution in [3.63, 3.8) is 0 Å². The van der Waals surface area contributed by atoms with Gasteiger partial charge in [0.1, 0.15) is 23.9 Å². The largest absolute Gasteiger partial charge is 0.490 e. The van der Waals surface area contributed by atoms with E-state index in [1.54, 1.807) is 26.1 Å². The van der Waals surface area contributed by atoms with Crippen molar-refractivity contribution in [3.8, 4) is 11.1 Å². The summed E-state index contributed by atoms with van der Waals surface area (Å²) in [5.41, 5.74) is 8.14. The van der Waals surface area contributed by atoms with Crippen LogP contribution in [0.2, 0.25) is 0 Å². The number of nitrogens with one attached hydrogen (secondary N) is 3. The number of hydrogen-bond acceptors (Lipinski definition) is 6. The number of rotatable bonds is 11. The Labute approximate surface area is 263 Å². The molecule has 1 saturated heterocycles. The summed E-state index contributed by atoms with van der Waals surface area (Å²) in [6.07, 6.45) is -3.83. The molecule has 6 N–H and O–H groups in total. The first-order valence-corrected chi connectivity index (χ1v) is 14.5. The highest BCUT2D eigenvalue weighted by Gasteiger charge is 2.40. The van der Waals surface area contributed by atoms with Gasteiger partial charge < -0.3 is 31.7 Å². The van der Waals surface area contributed by atoms with E-state index in [2.05, 4.69) is 16.0 Å². The van der Waals surface area contributed by atoms with E-state index in [9.17, 15) is 36.7 Å². The smallest absolute Gasteiger partial charge is 0.475 e. The van der Waals surface area contributed by atoms with Gasteiger partial charge in [0.2, 0.25) is 23.6 Å². The summed E-state index contributed by atoms with van der Waals surface area (Å²) < 4.78 is 45.0. The molecule has 4 atom stereocenters. The number of likely N-dealkylation sites (tertiary alicyclic amines) is 1. The number of carboxylic acid groups (broad SMARTS) is 1. The van der Waals surface area contributed by atoms with Crippen molar-refractivity contribution in [2.24, 2.45) is 11.7 Å².